The highest BCUT2D eigenvalue weighted by Gasteiger charge is 2.30. The molecular weight excluding hydrogens is 278 g/mol. The van der Waals surface area contributed by atoms with E-state index in [-0.39, 0.29) is 25.2 Å². The first-order valence-corrected chi connectivity index (χ1v) is 6.86. The number of rotatable bonds is 6. The molecule has 2 heterocycles. The minimum atomic E-state index is -0.958. The monoisotopic (exact) mass is 297 g/mol. The van der Waals surface area contributed by atoms with E-state index in [9.17, 15) is 9.59 Å². The number of hydrogen-bond acceptors (Lipinski definition) is 5. The first-order valence-electron chi connectivity index (χ1n) is 6.86. The van der Waals surface area contributed by atoms with Crippen molar-refractivity contribution in [2.75, 3.05) is 6.54 Å². The normalized spacial score (nSPS) is 21.2. The molecule has 1 aromatic rings. The molecule has 116 valence electrons. The summed E-state index contributed by atoms with van der Waals surface area (Å²) < 4.78 is 7.12. The van der Waals surface area contributed by atoms with Crippen molar-refractivity contribution < 1.29 is 19.4 Å². The number of nitrogens with one attached hydrogen (secondary N) is 2. The van der Waals surface area contributed by atoms with E-state index in [4.69, 9.17) is 9.84 Å². The molecule has 1 saturated heterocycles. The van der Waals surface area contributed by atoms with Crippen LogP contribution in [-0.2, 0) is 22.6 Å². The van der Waals surface area contributed by atoms with E-state index in [1.165, 1.54) is 0 Å². The molecule has 0 bridgehead atoms. The van der Waals surface area contributed by atoms with E-state index in [1.807, 2.05) is 11.5 Å². The van der Waals surface area contributed by atoms with Gasteiger partial charge < -0.3 is 25.0 Å². The molecule has 0 radical (unpaired) electrons. The summed E-state index contributed by atoms with van der Waals surface area (Å²) in [7, 11) is 0. The van der Waals surface area contributed by atoms with Crippen molar-refractivity contribution in [3.05, 3.63) is 12.2 Å². The Morgan fingerprint density at radius 3 is 2.95 bits per heavy atom. The molecule has 0 aliphatic carbocycles. The Kier molecular flexibility index (Phi) is 5.09. The zero-order chi connectivity index (χ0) is 15.2. The third kappa shape index (κ3) is 4.15. The average molecular weight is 297 g/mol. The summed E-state index contributed by atoms with van der Waals surface area (Å²) in [5.41, 5.74) is 0. The van der Waals surface area contributed by atoms with Crippen molar-refractivity contribution in [1.82, 2.24) is 25.4 Å². The van der Waals surface area contributed by atoms with E-state index in [0.717, 1.165) is 6.54 Å². The quantitative estimate of drug-likeness (QED) is 0.665. The van der Waals surface area contributed by atoms with Gasteiger partial charge in [0.25, 0.3) is 0 Å². The summed E-state index contributed by atoms with van der Waals surface area (Å²) in [6.45, 7) is 3.26. The highest BCUT2D eigenvalue weighted by Crippen LogP contribution is 2.19. The molecule has 21 heavy (non-hydrogen) atoms. The molecule has 0 aromatic carbocycles. The lowest BCUT2D eigenvalue weighted by atomic mass is 10.2. The second kappa shape index (κ2) is 7.02. The largest absolute Gasteiger partial charge is 0.479 e. The van der Waals surface area contributed by atoms with Gasteiger partial charge in [-0.3, -0.25) is 0 Å². The third-order valence-electron chi connectivity index (χ3n) is 3.32. The molecule has 2 atom stereocenters. The predicted molar refractivity (Wildman–Crippen MR) is 71.5 cm³/mol. The second-order valence-corrected chi connectivity index (χ2v) is 4.76. The van der Waals surface area contributed by atoms with Gasteiger partial charge in [-0.2, -0.15) is 0 Å². The first-order chi connectivity index (χ1) is 10.1. The van der Waals surface area contributed by atoms with Gasteiger partial charge in [0, 0.05) is 13.1 Å². The Labute approximate surface area is 121 Å². The number of carboxylic acids is 1. The molecule has 1 aliphatic heterocycles. The molecule has 0 saturated carbocycles. The van der Waals surface area contributed by atoms with Crippen LogP contribution in [0.25, 0.3) is 0 Å². The standard InChI is InChI=1S/C12H19N5O4/c1-2-17-7-15-16-10(17)6-14-12(20)13-5-8-3-4-9(21-8)11(18)19/h7-9H,2-6H2,1H3,(H,18,19)(H2,13,14,20). The fourth-order valence-electron chi connectivity index (χ4n) is 2.15. The number of aryl methyl sites for hydroxylation is 1. The van der Waals surface area contributed by atoms with Crippen molar-refractivity contribution in [3.8, 4) is 0 Å². The minimum Gasteiger partial charge on any atom is -0.479 e. The molecular formula is C12H19N5O4. The smallest absolute Gasteiger partial charge is 0.332 e. The van der Waals surface area contributed by atoms with Gasteiger partial charge in [0.15, 0.2) is 11.9 Å². The predicted octanol–water partition coefficient (Wildman–Crippen LogP) is -0.271. The Balaban J connectivity index is 1.67. The lowest BCUT2D eigenvalue weighted by Gasteiger charge is -2.13. The molecule has 1 aromatic heterocycles. The lowest BCUT2D eigenvalue weighted by molar-refractivity contribution is -0.149. The van der Waals surface area contributed by atoms with Crippen molar-refractivity contribution in [3.63, 3.8) is 0 Å². The maximum atomic E-state index is 11.7. The van der Waals surface area contributed by atoms with E-state index >= 15 is 0 Å². The Bertz CT molecular complexity index is 504. The number of ether oxygens (including phenoxy) is 1. The topological polar surface area (TPSA) is 118 Å². The summed E-state index contributed by atoms with van der Waals surface area (Å²) in [4.78, 5) is 22.4. The van der Waals surface area contributed by atoms with Crippen LogP contribution in [-0.4, -0.2) is 50.6 Å². The molecule has 2 rings (SSSR count). The fourth-order valence-corrected chi connectivity index (χ4v) is 2.15. The second-order valence-electron chi connectivity index (χ2n) is 4.76. The van der Waals surface area contributed by atoms with Gasteiger partial charge in [-0.15, -0.1) is 10.2 Å². The van der Waals surface area contributed by atoms with Gasteiger partial charge in [-0.25, -0.2) is 9.59 Å². The van der Waals surface area contributed by atoms with Crippen molar-refractivity contribution >= 4 is 12.0 Å². The summed E-state index contributed by atoms with van der Waals surface area (Å²) in [6, 6.07) is -0.344. The first kappa shape index (κ1) is 15.2. The third-order valence-corrected chi connectivity index (χ3v) is 3.32. The van der Waals surface area contributed by atoms with Gasteiger partial charge >= 0.3 is 12.0 Å². The maximum absolute atomic E-state index is 11.7. The van der Waals surface area contributed by atoms with Crippen molar-refractivity contribution in [2.45, 2.75) is 45.1 Å². The molecule has 2 amide bonds. The number of nitrogens with zero attached hydrogens (tertiary/aromatic N) is 3. The van der Waals surface area contributed by atoms with Gasteiger partial charge in [0.1, 0.15) is 6.33 Å². The number of carbonyl (C=O) groups is 2. The number of aromatic nitrogens is 3. The van der Waals surface area contributed by atoms with E-state index in [0.29, 0.717) is 18.7 Å². The summed E-state index contributed by atoms with van der Waals surface area (Å²) in [6.07, 6.45) is 1.69. The maximum Gasteiger partial charge on any atom is 0.332 e. The number of aliphatic carboxylic acids is 1. The zero-order valence-electron chi connectivity index (χ0n) is 11.8. The highest BCUT2D eigenvalue weighted by atomic mass is 16.5. The van der Waals surface area contributed by atoms with Gasteiger partial charge in [-0.05, 0) is 19.8 Å². The molecule has 1 fully saturated rings. The van der Waals surface area contributed by atoms with Crippen LogP contribution >= 0.6 is 0 Å². The van der Waals surface area contributed by atoms with Crippen molar-refractivity contribution in [2.24, 2.45) is 0 Å². The van der Waals surface area contributed by atoms with Gasteiger partial charge in [-0.1, -0.05) is 0 Å². The van der Waals surface area contributed by atoms with Gasteiger partial charge in [0.2, 0.25) is 0 Å². The molecule has 0 spiro atoms. The highest BCUT2D eigenvalue weighted by molar-refractivity contribution is 5.74. The number of amides is 2. The van der Waals surface area contributed by atoms with Crippen LogP contribution in [0.1, 0.15) is 25.6 Å². The van der Waals surface area contributed by atoms with Crippen LogP contribution in [0.15, 0.2) is 6.33 Å². The van der Waals surface area contributed by atoms with E-state index < -0.39 is 12.1 Å². The Hall–Kier alpha value is -2.16. The van der Waals surface area contributed by atoms with Crippen LogP contribution in [0.3, 0.4) is 0 Å². The van der Waals surface area contributed by atoms with Crippen LogP contribution in [0.2, 0.25) is 0 Å². The van der Waals surface area contributed by atoms with E-state index in [1.54, 1.807) is 6.33 Å². The SMILES string of the molecule is CCn1cnnc1CNC(=O)NCC1CCC(C(=O)O)O1. The Morgan fingerprint density at radius 2 is 2.29 bits per heavy atom. The summed E-state index contributed by atoms with van der Waals surface area (Å²) >= 11 is 0. The van der Waals surface area contributed by atoms with Crippen LogP contribution < -0.4 is 10.6 Å². The zero-order valence-corrected chi connectivity index (χ0v) is 11.8. The molecule has 1 aliphatic rings. The number of carboxylic acid groups (broad SMARTS) is 1. The van der Waals surface area contributed by atoms with Crippen LogP contribution in [0, 0.1) is 0 Å². The molecule has 9 nitrogen and oxygen atoms in total. The fraction of sp³-hybridized carbons (Fsp3) is 0.667. The summed E-state index contributed by atoms with van der Waals surface area (Å²) in [5, 5.41) is 21.8. The molecule has 2 unspecified atom stereocenters. The summed E-state index contributed by atoms with van der Waals surface area (Å²) in [5.74, 6) is -0.281. The molecule has 3 N–H and O–H groups in total. The van der Waals surface area contributed by atoms with Gasteiger partial charge in [0.05, 0.1) is 12.6 Å². The van der Waals surface area contributed by atoms with E-state index in [2.05, 4.69) is 20.8 Å². The molecule has 9 heteroatoms. The van der Waals surface area contributed by atoms with Crippen LogP contribution in [0.4, 0.5) is 4.79 Å². The minimum absolute atomic E-state index is 0.254. The lowest BCUT2D eigenvalue weighted by Crippen LogP contribution is -2.40. The van der Waals surface area contributed by atoms with Crippen molar-refractivity contribution in [1.29, 1.82) is 0 Å². The number of carbonyl (C=O) groups excluding carboxylic acids is 1. The number of urea groups is 1. The van der Waals surface area contributed by atoms with Crippen LogP contribution in [0.5, 0.6) is 0 Å². The Morgan fingerprint density at radius 1 is 1.48 bits per heavy atom. The number of hydrogen-bond donors (Lipinski definition) is 3. The average Bonchev–Trinajstić information content (AvgIpc) is 3.11.